The Kier molecular flexibility index (Phi) is 10.2. The number of benzene rings is 3. The lowest BCUT2D eigenvalue weighted by atomic mass is 10.0. The number of amides is 1. The summed E-state index contributed by atoms with van der Waals surface area (Å²) in [5, 5.41) is 1.94. The van der Waals surface area contributed by atoms with Crippen molar-refractivity contribution < 1.29 is 37.4 Å². The van der Waals surface area contributed by atoms with Gasteiger partial charge in [0, 0.05) is 31.4 Å². The van der Waals surface area contributed by atoms with Gasteiger partial charge in [0.1, 0.15) is 29.6 Å². The van der Waals surface area contributed by atoms with Crippen LogP contribution in [0.1, 0.15) is 22.8 Å². The molecule has 0 bridgehead atoms. The number of methoxy groups -OCH3 is 1. The predicted molar refractivity (Wildman–Crippen MR) is 135 cm³/mol. The number of esters is 1. The second kappa shape index (κ2) is 13.5. The van der Waals surface area contributed by atoms with Crippen molar-refractivity contribution >= 4 is 28.9 Å². The highest BCUT2D eigenvalue weighted by atomic mass is 32.2. The lowest BCUT2D eigenvalue weighted by Crippen LogP contribution is -2.38. The standard InChI is InChI=1S/C27H25F2NO6S/c1-17(31)30-21(15-34-2)16-37-27(33)36-25-11-8-19(22-10-9-20(28)13-24(22)29)12-23(25)26(32)35-14-18-6-4-3-5-7-18/h3-13,21H,14-16H2,1-2H3,(H,30,31). The quantitative estimate of drug-likeness (QED) is 0.353. The molecule has 3 aromatic rings. The van der Waals surface area contributed by atoms with Crippen molar-refractivity contribution in [2.24, 2.45) is 0 Å². The average molecular weight is 530 g/mol. The van der Waals surface area contributed by atoms with E-state index >= 15 is 0 Å². The molecule has 10 heteroatoms. The summed E-state index contributed by atoms with van der Waals surface area (Å²) in [5.74, 6) is -2.55. The highest BCUT2D eigenvalue weighted by molar-refractivity contribution is 8.13. The summed E-state index contributed by atoms with van der Waals surface area (Å²) in [6.45, 7) is 1.51. The number of carbonyl (C=O) groups is 3. The van der Waals surface area contributed by atoms with Gasteiger partial charge in [-0.05, 0) is 47.2 Å². The smallest absolute Gasteiger partial charge is 0.372 e. The van der Waals surface area contributed by atoms with E-state index < -0.39 is 28.9 Å². The van der Waals surface area contributed by atoms with Crippen LogP contribution in [0.5, 0.6) is 5.75 Å². The molecule has 0 saturated heterocycles. The summed E-state index contributed by atoms with van der Waals surface area (Å²) < 4.78 is 43.6. The van der Waals surface area contributed by atoms with E-state index in [1.165, 1.54) is 38.3 Å². The van der Waals surface area contributed by atoms with Crippen LogP contribution in [-0.2, 0) is 20.9 Å². The molecule has 0 aliphatic heterocycles. The van der Waals surface area contributed by atoms with Gasteiger partial charge in [0.15, 0.2) is 0 Å². The number of thioether (sulfide) groups is 1. The molecule has 194 valence electrons. The molecule has 0 aliphatic carbocycles. The van der Waals surface area contributed by atoms with E-state index in [1.54, 1.807) is 24.3 Å². The molecule has 0 fully saturated rings. The molecule has 7 nitrogen and oxygen atoms in total. The molecule has 1 amide bonds. The van der Waals surface area contributed by atoms with Gasteiger partial charge >= 0.3 is 11.3 Å². The number of ether oxygens (including phenoxy) is 3. The van der Waals surface area contributed by atoms with Crippen LogP contribution in [0.25, 0.3) is 11.1 Å². The van der Waals surface area contributed by atoms with Gasteiger partial charge in [0.05, 0.1) is 12.6 Å². The van der Waals surface area contributed by atoms with E-state index in [0.717, 1.165) is 29.5 Å². The minimum Gasteiger partial charge on any atom is -0.457 e. The summed E-state index contributed by atoms with van der Waals surface area (Å²) in [4.78, 5) is 36.9. The van der Waals surface area contributed by atoms with E-state index in [9.17, 15) is 23.2 Å². The van der Waals surface area contributed by atoms with Crippen molar-refractivity contribution in [3.8, 4) is 16.9 Å². The van der Waals surface area contributed by atoms with Crippen LogP contribution in [0, 0.1) is 11.6 Å². The molecular weight excluding hydrogens is 504 g/mol. The fourth-order valence-corrected chi connectivity index (χ4v) is 4.04. The Balaban J connectivity index is 1.82. The van der Waals surface area contributed by atoms with Gasteiger partial charge in [0.25, 0.3) is 0 Å². The predicted octanol–water partition coefficient (Wildman–Crippen LogP) is 5.37. The van der Waals surface area contributed by atoms with Crippen LogP contribution >= 0.6 is 11.8 Å². The first-order valence-electron chi connectivity index (χ1n) is 11.2. The van der Waals surface area contributed by atoms with E-state index in [2.05, 4.69) is 5.32 Å². The molecule has 37 heavy (non-hydrogen) atoms. The lowest BCUT2D eigenvalue weighted by molar-refractivity contribution is -0.119. The Labute approximate surface area is 217 Å². The van der Waals surface area contributed by atoms with E-state index in [4.69, 9.17) is 14.2 Å². The van der Waals surface area contributed by atoms with Crippen LogP contribution in [0.15, 0.2) is 66.7 Å². The first-order chi connectivity index (χ1) is 17.8. The summed E-state index contributed by atoms with van der Waals surface area (Å²) in [5.41, 5.74) is 0.958. The van der Waals surface area contributed by atoms with Crippen LogP contribution in [-0.4, -0.2) is 42.7 Å². The number of rotatable bonds is 10. The molecule has 3 aromatic carbocycles. The normalized spacial score (nSPS) is 11.5. The third-order valence-electron chi connectivity index (χ3n) is 5.03. The number of hydrogen-bond donors (Lipinski definition) is 1. The minimum absolute atomic E-state index is 0.0354. The Morgan fingerprint density at radius 3 is 2.43 bits per heavy atom. The second-order valence-electron chi connectivity index (χ2n) is 7.91. The van der Waals surface area contributed by atoms with Gasteiger partial charge in [-0.1, -0.05) is 36.4 Å². The van der Waals surface area contributed by atoms with Gasteiger partial charge in [-0.2, -0.15) is 0 Å². The van der Waals surface area contributed by atoms with Crippen molar-refractivity contribution in [3.63, 3.8) is 0 Å². The topological polar surface area (TPSA) is 90.9 Å². The molecule has 0 heterocycles. The van der Waals surface area contributed by atoms with Crippen molar-refractivity contribution in [2.75, 3.05) is 19.5 Å². The summed E-state index contributed by atoms with van der Waals surface area (Å²) in [7, 11) is 1.47. The van der Waals surface area contributed by atoms with Gasteiger partial charge in [0.2, 0.25) is 5.91 Å². The molecule has 0 radical (unpaired) electrons. The minimum atomic E-state index is -0.814. The number of hydrogen-bond acceptors (Lipinski definition) is 7. The molecular formula is C27H25F2NO6S. The molecule has 0 aliphatic rings. The molecule has 3 rings (SSSR count). The highest BCUT2D eigenvalue weighted by Crippen LogP contribution is 2.30. The molecule has 0 saturated carbocycles. The monoisotopic (exact) mass is 529 g/mol. The maximum atomic E-state index is 14.4. The maximum absolute atomic E-state index is 14.4. The van der Waals surface area contributed by atoms with Crippen molar-refractivity contribution in [1.29, 1.82) is 0 Å². The van der Waals surface area contributed by atoms with Crippen molar-refractivity contribution in [3.05, 3.63) is 89.5 Å². The molecule has 1 atom stereocenters. The Morgan fingerprint density at radius 1 is 1.00 bits per heavy atom. The van der Waals surface area contributed by atoms with Crippen LogP contribution in [0.3, 0.4) is 0 Å². The summed E-state index contributed by atoms with van der Waals surface area (Å²) in [6.07, 6.45) is 0. The zero-order valence-corrected chi connectivity index (χ0v) is 21.0. The first kappa shape index (κ1) is 27.8. The third kappa shape index (κ3) is 8.40. The largest absolute Gasteiger partial charge is 0.457 e. The highest BCUT2D eigenvalue weighted by Gasteiger charge is 2.21. The molecule has 0 spiro atoms. The summed E-state index contributed by atoms with van der Waals surface area (Å²) in [6, 6.07) is 15.7. The molecule has 1 N–H and O–H groups in total. The van der Waals surface area contributed by atoms with Gasteiger partial charge < -0.3 is 19.5 Å². The SMILES string of the molecule is COCC(CSC(=O)Oc1ccc(-c2ccc(F)cc2F)cc1C(=O)OCc1ccccc1)NC(C)=O. The fourth-order valence-electron chi connectivity index (χ4n) is 3.38. The third-order valence-corrected chi connectivity index (χ3v) is 5.91. The van der Waals surface area contributed by atoms with Gasteiger partial charge in [-0.15, -0.1) is 0 Å². The summed E-state index contributed by atoms with van der Waals surface area (Å²) >= 11 is 0.787. The lowest BCUT2D eigenvalue weighted by Gasteiger charge is -2.16. The Morgan fingerprint density at radius 2 is 1.76 bits per heavy atom. The maximum Gasteiger partial charge on any atom is 0.372 e. The van der Waals surface area contributed by atoms with Gasteiger partial charge in [-0.3, -0.25) is 4.79 Å². The zero-order chi connectivity index (χ0) is 26.8. The number of nitrogens with one attached hydrogen (secondary N) is 1. The van der Waals surface area contributed by atoms with Crippen molar-refractivity contribution in [2.45, 2.75) is 19.6 Å². The Bertz CT molecular complexity index is 1250. The number of carbonyl (C=O) groups excluding carboxylic acids is 3. The second-order valence-corrected chi connectivity index (χ2v) is 8.87. The Hall–Kier alpha value is -3.76. The van der Waals surface area contributed by atoms with Crippen LogP contribution < -0.4 is 10.1 Å². The zero-order valence-electron chi connectivity index (χ0n) is 20.2. The molecule has 1 unspecified atom stereocenters. The van der Waals surface area contributed by atoms with Crippen molar-refractivity contribution in [1.82, 2.24) is 5.32 Å². The number of halogens is 2. The first-order valence-corrected chi connectivity index (χ1v) is 12.2. The van der Waals surface area contributed by atoms with Crippen LogP contribution in [0.2, 0.25) is 0 Å². The van der Waals surface area contributed by atoms with Crippen LogP contribution in [0.4, 0.5) is 13.6 Å². The molecule has 0 aromatic heterocycles. The van der Waals surface area contributed by atoms with Gasteiger partial charge in [-0.25, -0.2) is 18.4 Å². The van der Waals surface area contributed by atoms with E-state index in [0.29, 0.717) is 0 Å². The fraction of sp³-hybridized carbons (Fsp3) is 0.222. The van der Waals surface area contributed by atoms with E-state index in [-0.39, 0.29) is 47.3 Å². The van der Waals surface area contributed by atoms with E-state index in [1.807, 2.05) is 6.07 Å². The average Bonchev–Trinajstić information content (AvgIpc) is 2.87.